The van der Waals surface area contributed by atoms with Crippen molar-refractivity contribution in [2.45, 2.75) is 59.1 Å². The summed E-state index contributed by atoms with van der Waals surface area (Å²) in [5, 5.41) is 6.39. The van der Waals surface area contributed by atoms with Gasteiger partial charge < -0.3 is 15.4 Å². The molecule has 4 nitrogen and oxygen atoms in total. The highest BCUT2D eigenvalue weighted by Crippen LogP contribution is 2.07. The number of nitrogens with one attached hydrogen (secondary N) is 2. The van der Waals surface area contributed by atoms with Crippen molar-refractivity contribution in [1.29, 1.82) is 0 Å². The highest BCUT2D eigenvalue weighted by Gasteiger charge is 2.18. The molecule has 4 heteroatoms. The minimum absolute atomic E-state index is 0.248. The molecule has 0 aromatic heterocycles. The summed E-state index contributed by atoms with van der Waals surface area (Å²) in [6, 6.07) is 10.8. The molecule has 0 spiro atoms. The van der Waals surface area contributed by atoms with Crippen molar-refractivity contribution in [3.63, 3.8) is 0 Å². The minimum Gasteiger partial charge on any atom is -0.444 e. The highest BCUT2D eigenvalue weighted by atomic mass is 16.6. The number of amides is 1. The van der Waals surface area contributed by atoms with Crippen molar-refractivity contribution in [3.05, 3.63) is 35.9 Å². The van der Waals surface area contributed by atoms with Crippen LogP contribution in [-0.2, 0) is 11.2 Å². The van der Waals surface area contributed by atoms with Crippen LogP contribution in [0, 0.1) is 5.92 Å². The average Bonchev–Trinajstić information content (AvgIpc) is 2.45. The smallest absolute Gasteiger partial charge is 0.407 e. The van der Waals surface area contributed by atoms with Crippen LogP contribution in [-0.4, -0.2) is 30.8 Å². The number of aryl methyl sites for hydroxylation is 1. The summed E-state index contributed by atoms with van der Waals surface area (Å²) >= 11 is 0. The van der Waals surface area contributed by atoms with Gasteiger partial charge in [0, 0.05) is 12.6 Å². The molecule has 0 radical (unpaired) electrons. The Morgan fingerprint density at radius 1 is 1.17 bits per heavy atom. The van der Waals surface area contributed by atoms with Gasteiger partial charge >= 0.3 is 6.09 Å². The Balaban J connectivity index is 2.28. The zero-order chi connectivity index (χ0) is 17.3. The number of benzene rings is 1. The normalized spacial score (nSPS) is 13.0. The molecule has 0 bridgehead atoms. The number of alkyl carbamates (subject to hydrolysis) is 1. The molecule has 130 valence electrons. The fourth-order valence-corrected chi connectivity index (χ4v) is 2.28. The first-order valence-corrected chi connectivity index (χ1v) is 8.52. The fraction of sp³-hybridized carbons (Fsp3) is 0.632. The second-order valence-corrected chi connectivity index (χ2v) is 7.28. The third kappa shape index (κ3) is 9.24. The van der Waals surface area contributed by atoms with Gasteiger partial charge in [0.2, 0.25) is 0 Å². The highest BCUT2D eigenvalue weighted by molar-refractivity contribution is 5.67. The van der Waals surface area contributed by atoms with Crippen molar-refractivity contribution in [2.75, 3.05) is 13.1 Å². The molecule has 0 saturated carbocycles. The Kier molecular flexibility index (Phi) is 8.10. The first-order chi connectivity index (χ1) is 10.8. The van der Waals surface area contributed by atoms with Crippen LogP contribution < -0.4 is 10.6 Å². The van der Waals surface area contributed by atoms with E-state index in [1.54, 1.807) is 0 Å². The van der Waals surface area contributed by atoms with Gasteiger partial charge in [0.05, 0.1) is 0 Å². The largest absolute Gasteiger partial charge is 0.444 e. The lowest BCUT2D eigenvalue weighted by Crippen LogP contribution is -2.45. The summed E-state index contributed by atoms with van der Waals surface area (Å²) in [7, 11) is 0. The lowest BCUT2D eigenvalue weighted by atomic mass is 10.0. The maximum atomic E-state index is 11.7. The molecule has 0 aliphatic heterocycles. The third-order valence-corrected chi connectivity index (χ3v) is 3.56. The molecule has 0 aliphatic carbocycles. The van der Waals surface area contributed by atoms with Crippen LogP contribution in [0.3, 0.4) is 0 Å². The lowest BCUT2D eigenvalue weighted by molar-refractivity contribution is 0.0519. The fourth-order valence-electron chi connectivity index (χ4n) is 2.28. The van der Waals surface area contributed by atoms with Gasteiger partial charge in [-0.1, -0.05) is 44.2 Å². The number of rotatable bonds is 8. The second-order valence-electron chi connectivity index (χ2n) is 7.28. The first-order valence-electron chi connectivity index (χ1n) is 8.52. The van der Waals surface area contributed by atoms with Crippen molar-refractivity contribution < 1.29 is 9.53 Å². The molecular formula is C19H32N2O2. The summed E-state index contributed by atoms with van der Waals surface area (Å²) in [5.74, 6) is 0.446. The second kappa shape index (κ2) is 9.56. The van der Waals surface area contributed by atoms with Crippen molar-refractivity contribution in [1.82, 2.24) is 10.6 Å². The first kappa shape index (κ1) is 19.5. The van der Waals surface area contributed by atoms with E-state index in [0.29, 0.717) is 12.5 Å². The molecular weight excluding hydrogens is 288 g/mol. The van der Waals surface area contributed by atoms with E-state index in [1.807, 2.05) is 26.8 Å². The standard InChI is InChI=1S/C19H32N2O2/c1-15(2)17(14-21-18(22)23-19(3,4)5)20-13-9-12-16-10-7-6-8-11-16/h6-8,10-11,15,17,20H,9,12-14H2,1-5H3,(H,21,22). The molecule has 0 aliphatic rings. The quantitative estimate of drug-likeness (QED) is 0.717. The van der Waals surface area contributed by atoms with E-state index in [0.717, 1.165) is 19.4 Å². The summed E-state index contributed by atoms with van der Waals surface area (Å²) in [6.45, 7) is 11.4. The molecule has 0 fully saturated rings. The van der Waals surface area contributed by atoms with Crippen LogP contribution >= 0.6 is 0 Å². The van der Waals surface area contributed by atoms with E-state index >= 15 is 0 Å². The van der Waals surface area contributed by atoms with E-state index in [9.17, 15) is 4.79 Å². The molecule has 23 heavy (non-hydrogen) atoms. The van der Waals surface area contributed by atoms with Crippen molar-refractivity contribution in [2.24, 2.45) is 5.92 Å². The van der Waals surface area contributed by atoms with E-state index in [4.69, 9.17) is 4.74 Å². The van der Waals surface area contributed by atoms with Gasteiger partial charge in [-0.3, -0.25) is 0 Å². The van der Waals surface area contributed by atoms with E-state index in [-0.39, 0.29) is 12.1 Å². The summed E-state index contributed by atoms with van der Waals surface area (Å²) in [6.07, 6.45) is 1.80. The number of hydrogen-bond acceptors (Lipinski definition) is 3. The minimum atomic E-state index is -0.458. The number of carbonyl (C=O) groups excluding carboxylic acids is 1. The van der Waals surface area contributed by atoms with Crippen LogP contribution in [0.4, 0.5) is 4.79 Å². The van der Waals surface area contributed by atoms with Gasteiger partial charge in [0.1, 0.15) is 5.60 Å². The summed E-state index contributed by atoms with van der Waals surface area (Å²) < 4.78 is 5.27. The lowest BCUT2D eigenvalue weighted by Gasteiger charge is -2.25. The monoisotopic (exact) mass is 320 g/mol. The molecule has 1 atom stereocenters. The van der Waals surface area contributed by atoms with E-state index in [1.165, 1.54) is 5.56 Å². The van der Waals surface area contributed by atoms with Gasteiger partial charge in [-0.2, -0.15) is 0 Å². The zero-order valence-corrected chi connectivity index (χ0v) is 15.2. The molecule has 0 heterocycles. The summed E-state index contributed by atoms with van der Waals surface area (Å²) in [4.78, 5) is 11.7. The van der Waals surface area contributed by atoms with Gasteiger partial charge in [0.15, 0.2) is 0 Å². The van der Waals surface area contributed by atoms with Crippen LogP contribution in [0.2, 0.25) is 0 Å². The molecule has 1 aromatic rings. The predicted molar refractivity (Wildman–Crippen MR) is 95.6 cm³/mol. The number of carbonyl (C=O) groups is 1. The molecule has 1 unspecified atom stereocenters. The average molecular weight is 320 g/mol. The van der Waals surface area contributed by atoms with Gasteiger partial charge in [0.25, 0.3) is 0 Å². The van der Waals surface area contributed by atoms with Crippen LogP contribution in [0.1, 0.15) is 46.6 Å². The van der Waals surface area contributed by atoms with Crippen LogP contribution in [0.25, 0.3) is 0 Å². The Morgan fingerprint density at radius 3 is 2.39 bits per heavy atom. The zero-order valence-electron chi connectivity index (χ0n) is 15.2. The molecule has 2 N–H and O–H groups in total. The third-order valence-electron chi connectivity index (χ3n) is 3.56. The van der Waals surface area contributed by atoms with Gasteiger partial charge in [-0.25, -0.2) is 4.79 Å². The summed E-state index contributed by atoms with van der Waals surface area (Å²) in [5.41, 5.74) is 0.905. The van der Waals surface area contributed by atoms with Crippen LogP contribution in [0.15, 0.2) is 30.3 Å². The Morgan fingerprint density at radius 2 is 1.83 bits per heavy atom. The van der Waals surface area contributed by atoms with Crippen molar-refractivity contribution >= 4 is 6.09 Å². The SMILES string of the molecule is CC(C)C(CNC(=O)OC(C)(C)C)NCCCc1ccccc1. The molecule has 1 rings (SSSR count). The number of ether oxygens (including phenoxy) is 1. The molecule has 0 saturated heterocycles. The van der Waals surface area contributed by atoms with Gasteiger partial charge in [-0.05, 0) is 51.6 Å². The topological polar surface area (TPSA) is 50.4 Å². The Bertz CT molecular complexity index is 452. The van der Waals surface area contributed by atoms with Crippen LogP contribution in [0.5, 0.6) is 0 Å². The Labute approximate surface area is 141 Å². The van der Waals surface area contributed by atoms with Gasteiger partial charge in [-0.15, -0.1) is 0 Å². The van der Waals surface area contributed by atoms with Crippen molar-refractivity contribution in [3.8, 4) is 0 Å². The Hall–Kier alpha value is -1.55. The molecule has 1 aromatic carbocycles. The molecule has 1 amide bonds. The predicted octanol–water partition coefficient (Wildman–Crippen LogP) is 3.76. The number of hydrogen-bond donors (Lipinski definition) is 2. The maximum Gasteiger partial charge on any atom is 0.407 e. The maximum absolute atomic E-state index is 11.7. The van der Waals surface area contributed by atoms with E-state index < -0.39 is 5.60 Å². The van der Waals surface area contributed by atoms with E-state index in [2.05, 4.69) is 48.7 Å².